The van der Waals surface area contributed by atoms with E-state index >= 15 is 0 Å². The molecule has 0 aliphatic carbocycles. The van der Waals surface area contributed by atoms with Crippen molar-refractivity contribution in [2.75, 3.05) is 6.54 Å². The maximum absolute atomic E-state index is 2.62. The lowest BCUT2D eigenvalue weighted by atomic mass is 10.1. The lowest BCUT2D eigenvalue weighted by molar-refractivity contribution is 0.132. The summed E-state index contributed by atoms with van der Waals surface area (Å²) >= 11 is 0. The molecule has 2 heteroatoms. The van der Waals surface area contributed by atoms with Crippen LogP contribution >= 0.6 is 0 Å². The van der Waals surface area contributed by atoms with Gasteiger partial charge in [0.15, 0.2) is 0 Å². The van der Waals surface area contributed by atoms with E-state index in [2.05, 4.69) is 66.4 Å². The van der Waals surface area contributed by atoms with Crippen LogP contribution in [-0.4, -0.2) is 22.5 Å². The van der Waals surface area contributed by atoms with Crippen LogP contribution in [0.25, 0.3) is 0 Å². The Bertz CT molecular complexity index is 510. The first-order valence-electron chi connectivity index (χ1n) is 12.1. The first kappa shape index (κ1) is 22.8. The van der Waals surface area contributed by atoms with Crippen molar-refractivity contribution >= 4 is 0 Å². The van der Waals surface area contributed by atoms with Gasteiger partial charge in [-0.15, -0.1) is 0 Å². The summed E-state index contributed by atoms with van der Waals surface area (Å²) in [4.78, 5) is 5.18. The fraction of sp³-hybridized carbons (Fsp3) is 0.692. The van der Waals surface area contributed by atoms with Gasteiger partial charge in [-0.05, 0) is 24.8 Å². The van der Waals surface area contributed by atoms with Crippen LogP contribution in [-0.2, 0) is 6.54 Å². The van der Waals surface area contributed by atoms with E-state index in [9.17, 15) is 0 Å². The molecule has 0 N–H and O–H groups in total. The zero-order chi connectivity index (χ0) is 19.9. The molecule has 28 heavy (non-hydrogen) atoms. The maximum atomic E-state index is 2.62. The fourth-order valence-electron chi connectivity index (χ4n) is 4.25. The van der Waals surface area contributed by atoms with E-state index in [4.69, 9.17) is 0 Å². The highest BCUT2D eigenvalue weighted by Gasteiger charge is 2.25. The second kappa shape index (κ2) is 14.5. The Morgan fingerprint density at radius 2 is 1.21 bits per heavy atom. The molecule has 1 unspecified atom stereocenters. The highest BCUT2D eigenvalue weighted by atomic mass is 15.4. The molecule has 0 spiro atoms. The minimum atomic E-state index is 0.557. The number of hydrogen-bond acceptors (Lipinski definition) is 2. The van der Waals surface area contributed by atoms with Gasteiger partial charge < -0.3 is 9.80 Å². The Morgan fingerprint density at radius 1 is 0.643 bits per heavy atom. The first-order chi connectivity index (χ1) is 13.8. The van der Waals surface area contributed by atoms with E-state index in [0.717, 1.165) is 6.54 Å². The second-order valence-electron chi connectivity index (χ2n) is 8.50. The van der Waals surface area contributed by atoms with E-state index in [-0.39, 0.29) is 0 Å². The molecule has 1 atom stereocenters. The van der Waals surface area contributed by atoms with Crippen molar-refractivity contribution < 1.29 is 0 Å². The zero-order valence-electron chi connectivity index (χ0n) is 18.6. The lowest BCUT2D eigenvalue weighted by Crippen LogP contribution is -2.38. The summed E-state index contributed by atoms with van der Waals surface area (Å²) in [6, 6.07) is 10.9. The molecule has 1 aromatic carbocycles. The van der Waals surface area contributed by atoms with Crippen molar-refractivity contribution in [3.8, 4) is 0 Å². The molecule has 0 amide bonds. The van der Waals surface area contributed by atoms with Crippen LogP contribution in [0, 0.1) is 0 Å². The average Bonchev–Trinajstić information content (AvgIpc) is 3.09. The normalized spacial score (nSPS) is 16.3. The second-order valence-corrected chi connectivity index (χ2v) is 8.50. The van der Waals surface area contributed by atoms with Gasteiger partial charge in [0.1, 0.15) is 6.17 Å². The Balaban J connectivity index is 1.78. The molecule has 0 radical (unpaired) electrons. The molecular formula is C26H44N2. The minimum Gasteiger partial charge on any atom is -0.356 e. The zero-order valence-corrected chi connectivity index (χ0v) is 18.6. The Hall–Kier alpha value is -1.44. The van der Waals surface area contributed by atoms with Gasteiger partial charge in [0.05, 0.1) is 0 Å². The summed E-state index contributed by atoms with van der Waals surface area (Å²) < 4.78 is 0. The molecular weight excluding hydrogens is 340 g/mol. The van der Waals surface area contributed by atoms with Gasteiger partial charge in [-0.3, -0.25) is 0 Å². The van der Waals surface area contributed by atoms with Crippen molar-refractivity contribution in [1.82, 2.24) is 9.80 Å². The third-order valence-corrected chi connectivity index (χ3v) is 6.01. The standard InChI is InChI=1S/C26H44N2/c1-3-5-7-9-10-11-16-20-26-27(21-17-12-8-6-4-2)22-23-28(26)24-25-18-14-13-15-19-25/h13-15,18-19,22-23,26H,3-12,16-17,20-21,24H2,1-2H3. The van der Waals surface area contributed by atoms with E-state index in [1.807, 2.05) is 0 Å². The van der Waals surface area contributed by atoms with Crippen molar-refractivity contribution in [2.45, 2.75) is 110 Å². The van der Waals surface area contributed by atoms with Crippen molar-refractivity contribution in [3.05, 3.63) is 48.3 Å². The van der Waals surface area contributed by atoms with Gasteiger partial charge in [-0.25, -0.2) is 0 Å². The Labute approximate surface area is 175 Å². The monoisotopic (exact) mass is 384 g/mol. The van der Waals surface area contributed by atoms with Crippen LogP contribution in [0.5, 0.6) is 0 Å². The SMILES string of the molecule is CCCCCCCCCC1N(CCCCCCC)C=CN1Cc1ccccc1. The van der Waals surface area contributed by atoms with Crippen molar-refractivity contribution in [1.29, 1.82) is 0 Å². The summed E-state index contributed by atoms with van der Waals surface area (Å²) in [5, 5.41) is 0. The summed E-state index contributed by atoms with van der Waals surface area (Å²) in [7, 11) is 0. The lowest BCUT2D eigenvalue weighted by Gasteiger charge is -2.33. The van der Waals surface area contributed by atoms with Gasteiger partial charge in [-0.1, -0.05) is 108 Å². The number of hydrogen-bond donors (Lipinski definition) is 0. The predicted molar refractivity (Wildman–Crippen MR) is 123 cm³/mol. The molecule has 0 saturated heterocycles. The van der Waals surface area contributed by atoms with E-state index in [1.165, 1.54) is 95.6 Å². The van der Waals surface area contributed by atoms with E-state index < -0.39 is 0 Å². The summed E-state index contributed by atoms with van der Waals surface area (Å²) in [6.45, 7) is 6.84. The van der Waals surface area contributed by atoms with E-state index in [1.54, 1.807) is 0 Å². The van der Waals surface area contributed by atoms with Gasteiger partial charge >= 0.3 is 0 Å². The molecule has 0 saturated carbocycles. The third kappa shape index (κ3) is 8.71. The average molecular weight is 385 g/mol. The van der Waals surface area contributed by atoms with Crippen LogP contribution in [0.2, 0.25) is 0 Å². The molecule has 1 aliphatic rings. The van der Waals surface area contributed by atoms with E-state index in [0.29, 0.717) is 6.17 Å². The van der Waals surface area contributed by atoms with Gasteiger partial charge in [0.25, 0.3) is 0 Å². The van der Waals surface area contributed by atoms with Gasteiger partial charge in [-0.2, -0.15) is 0 Å². The summed E-state index contributed by atoms with van der Waals surface area (Å²) in [5.74, 6) is 0. The van der Waals surface area contributed by atoms with Crippen LogP contribution in [0.1, 0.15) is 103 Å². The Morgan fingerprint density at radius 3 is 1.89 bits per heavy atom. The summed E-state index contributed by atoms with van der Waals surface area (Å²) in [5.41, 5.74) is 1.42. The molecule has 0 fully saturated rings. The number of benzene rings is 1. The van der Waals surface area contributed by atoms with Gasteiger partial charge in [0, 0.05) is 25.5 Å². The van der Waals surface area contributed by atoms with Crippen molar-refractivity contribution in [3.63, 3.8) is 0 Å². The molecule has 0 bridgehead atoms. The first-order valence-corrected chi connectivity index (χ1v) is 12.1. The quantitative estimate of drug-likeness (QED) is 0.269. The molecule has 2 nitrogen and oxygen atoms in total. The van der Waals surface area contributed by atoms with Crippen LogP contribution in [0.3, 0.4) is 0 Å². The number of rotatable bonds is 16. The highest BCUT2D eigenvalue weighted by Crippen LogP contribution is 2.24. The number of nitrogens with zero attached hydrogens (tertiary/aromatic N) is 2. The smallest absolute Gasteiger partial charge is 0.101 e. The predicted octanol–water partition coefficient (Wildman–Crippen LogP) is 7.71. The third-order valence-electron chi connectivity index (χ3n) is 6.01. The van der Waals surface area contributed by atoms with Gasteiger partial charge in [0.2, 0.25) is 0 Å². The minimum absolute atomic E-state index is 0.557. The largest absolute Gasteiger partial charge is 0.356 e. The summed E-state index contributed by atoms with van der Waals surface area (Å²) in [6.07, 6.45) is 23.1. The molecule has 2 rings (SSSR count). The molecule has 0 aromatic heterocycles. The van der Waals surface area contributed by atoms with Crippen LogP contribution in [0.15, 0.2) is 42.7 Å². The molecule has 1 aliphatic heterocycles. The van der Waals surface area contributed by atoms with Crippen LogP contribution < -0.4 is 0 Å². The highest BCUT2D eigenvalue weighted by molar-refractivity contribution is 5.15. The number of unbranched alkanes of at least 4 members (excludes halogenated alkanes) is 10. The maximum Gasteiger partial charge on any atom is 0.101 e. The van der Waals surface area contributed by atoms with Crippen molar-refractivity contribution in [2.24, 2.45) is 0 Å². The molecule has 1 aromatic rings. The van der Waals surface area contributed by atoms with Crippen LogP contribution in [0.4, 0.5) is 0 Å². The molecule has 1 heterocycles. The molecule has 158 valence electrons. The Kier molecular flexibility index (Phi) is 11.9. The topological polar surface area (TPSA) is 6.48 Å². The fourth-order valence-corrected chi connectivity index (χ4v) is 4.25.